The Bertz CT molecular complexity index is 265. The van der Waals surface area contributed by atoms with Gasteiger partial charge in [-0.1, -0.05) is 51.2 Å². The second kappa shape index (κ2) is 3.62. The minimum absolute atomic E-state index is 0.146. The zero-order valence-electron chi connectivity index (χ0n) is 9.74. The van der Waals surface area contributed by atoms with Crippen molar-refractivity contribution in [1.29, 1.82) is 0 Å². The molecule has 0 N–H and O–H groups in total. The Hall–Kier alpha value is -0.300. The van der Waals surface area contributed by atoms with E-state index in [0.717, 1.165) is 11.8 Å². The fourth-order valence-corrected chi connectivity index (χ4v) is 3.82. The van der Waals surface area contributed by atoms with E-state index in [9.17, 15) is 0 Å². The third-order valence-corrected chi connectivity index (χ3v) is 4.91. The van der Waals surface area contributed by atoms with Crippen LogP contribution in [0.1, 0.15) is 51.9 Å². The number of rotatable bonds is 2. The second-order valence-electron chi connectivity index (χ2n) is 5.70. The third kappa shape index (κ3) is 1.56. The lowest BCUT2D eigenvalue weighted by Gasteiger charge is -2.37. The summed E-state index contributed by atoms with van der Waals surface area (Å²) in [5.74, 6) is 1.65. The molecule has 0 amide bonds. The minimum atomic E-state index is 0.146. The lowest BCUT2D eigenvalue weighted by atomic mass is 9.71. The topological polar surface area (TPSA) is 9.23 Å². The first-order valence-corrected chi connectivity index (χ1v) is 6.67. The molecular weight excluding hydrogens is 184 g/mol. The van der Waals surface area contributed by atoms with Gasteiger partial charge in [0.1, 0.15) is 0 Å². The summed E-state index contributed by atoms with van der Waals surface area (Å²) in [7, 11) is 0. The molecular formula is C14H22O. The zero-order chi connectivity index (χ0) is 10.3. The molecule has 2 bridgehead atoms. The summed E-state index contributed by atoms with van der Waals surface area (Å²) in [6, 6.07) is 0. The smallest absolute Gasteiger partial charge is 0.0900 e. The van der Waals surface area contributed by atoms with Gasteiger partial charge in [0.25, 0.3) is 0 Å². The van der Waals surface area contributed by atoms with Crippen LogP contribution in [0.5, 0.6) is 0 Å². The molecule has 3 unspecified atom stereocenters. The van der Waals surface area contributed by atoms with Crippen molar-refractivity contribution in [1.82, 2.24) is 0 Å². The van der Waals surface area contributed by atoms with Crippen LogP contribution in [0, 0.1) is 11.8 Å². The fourth-order valence-electron chi connectivity index (χ4n) is 3.82. The molecule has 2 fully saturated rings. The first-order chi connectivity index (χ1) is 7.30. The van der Waals surface area contributed by atoms with E-state index in [2.05, 4.69) is 19.1 Å². The molecule has 1 saturated carbocycles. The molecule has 2 aliphatic heterocycles. The van der Waals surface area contributed by atoms with Gasteiger partial charge in [-0.25, -0.2) is 0 Å². The van der Waals surface area contributed by atoms with Gasteiger partial charge in [-0.05, 0) is 24.7 Å². The summed E-state index contributed by atoms with van der Waals surface area (Å²) in [4.78, 5) is 0. The molecule has 1 heteroatoms. The van der Waals surface area contributed by atoms with Crippen LogP contribution < -0.4 is 0 Å². The van der Waals surface area contributed by atoms with Crippen LogP contribution in [0.2, 0.25) is 0 Å². The summed E-state index contributed by atoms with van der Waals surface area (Å²) in [5.41, 5.74) is 0.146. The van der Waals surface area contributed by atoms with Gasteiger partial charge < -0.3 is 4.74 Å². The molecule has 15 heavy (non-hydrogen) atoms. The maximum absolute atomic E-state index is 6.16. The van der Waals surface area contributed by atoms with Gasteiger partial charge in [-0.3, -0.25) is 0 Å². The molecule has 0 aromatic rings. The van der Waals surface area contributed by atoms with Crippen molar-refractivity contribution in [2.75, 3.05) is 0 Å². The van der Waals surface area contributed by atoms with Crippen molar-refractivity contribution >= 4 is 0 Å². The van der Waals surface area contributed by atoms with E-state index in [-0.39, 0.29) is 5.60 Å². The quantitative estimate of drug-likeness (QED) is 0.626. The molecule has 3 aliphatic rings. The van der Waals surface area contributed by atoms with Crippen molar-refractivity contribution < 1.29 is 4.74 Å². The van der Waals surface area contributed by atoms with Crippen LogP contribution in [-0.2, 0) is 4.74 Å². The van der Waals surface area contributed by atoms with Crippen LogP contribution in [0.3, 0.4) is 0 Å². The molecule has 2 heterocycles. The molecule has 0 aromatic carbocycles. The standard InChI is InChI=1S/C14H22O/c1-11(12-5-3-2-4-6-12)14-9-7-13(15-14)8-10-14/h7,9,11-13H,2-6,8,10H2,1H3. The van der Waals surface area contributed by atoms with Gasteiger partial charge >= 0.3 is 0 Å². The van der Waals surface area contributed by atoms with E-state index in [4.69, 9.17) is 4.74 Å². The molecule has 1 aliphatic carbocycles. The normalized spacial score (nSPS) is 42.3. The van der Waals surface area contributed by atoms with Gasteiger partial charge in [0, 0.05) is 0 Å². The highest BCUT2D eigenvalue weighted by molar-refractivity contribution is 5.19. The largest absolute Gasteiger partial charge is 0.363 e. The average molecular weight is 206 g/mol. The number of hydrogen-bond acceptors (Lipinski definition) is 1. The lowest BCUT2D eigenvalue weighted by molar-refractivity contribution is -0.0315. The van der Waals surface area contributed by atoms with E-state index >= 15 is 0 Å². The Morgan fingerprint density at radius 3 is 2.53 bits per heavy atom. The molecule has 84 valence electrons. The molecule has 1 nitrogen and oxygen atoms in total. The van der Waals surface area contributed by atoms with Crippen molar-refractivity contribution in [3.63, 3.8) is 0 Å². The highest BCUT2D eigenvalue weighted by atomic mass is 16.5. The van der Waals surface area contributed by atoms with Crippen LogP contribution in [0.15, 0.2) is 12.2 Å². The summed E-state index contributed by atoms with van der Waals surface area (Å²) in [5, 5.41) is 0. The van der Waals surface area contributed by atoms with E-state index in [1.165, 1.54) is 44.9 Å². The minimum Gasteiger partial charge on any atom is -0.363 e. The van der Waals surface area contributed by atoms with Crippen LogP contribution in [0.25, 0.3) is 0 Å². The maximum Gasteiger partial charge on any atom is 0.0900 e. The number of fused-ring (bicyclic) bond motifs is 2. The average Bonchev–Trinajstić information content (AvgIpc) is 2.90. The molecule has 3 rings (SSSR count). The SMILES string of the molecule is CC(C1CCCCC1)C12C=CC(CC1)O2. The summed E-state index contributed by atoms with van der Waals surface area (Å²) < 4.78 is 6.16. The molecule has 0 radical (unpaired) electrons. The first-order valence-electron chi connectivity index (χ1n) is 6.67. The number of ether oxygens (including phenoxy) is 1. The van der Waals surface area contributed by atoms with Crippen molar-refractivity contribution in [3.8, 4) is 0 Å². The first kappa shape index (κ1) is 9.89. The summed E-state index contributed by atoms with van der Waals surface area (Å²) >= 11 is 0. The van der Waals surface area contributed by atoms with Crippen molar-refractivity contribution in [2.45, 2.75) is 63.6 Å². The van der Waals surface area contributed by atoms with Crippen molar-refractivity contribution in [2.24, 2.45) is 11.8 Å². The van der Waals surface area contributed by atoms with E-state index < -0.39 is 0 Å². The zero-order valence-corrected chi connectivity index (χ0v) is 9.74. The third-order valence-electron chi connectivity index (χ3n) is 4.91. The highest BCUT2D eigenvalue weighted by Gasteiger charge is 2.47. The van der Waals surface area contributed by atoms with Crippen LogP contribution >= 0.6 is 0 Å². The summed E-state index contributed by atoms with van der Waals surface area (Å²) in [6.45, 7) is 2.42. The highest BCUT2D eigenvalue weighted by Crippen LogP contribution is 2.48. The van der Waals surface area contributed by atoms with E-state index in [1.807, 2.05) is 0 Å². The lowest BCUT2D eigenvalue weighted by Crippen LogP contribution is -2.37. The fraction of sp³-hybridized carbons (Fsp3) is 0.857. The van der Waals surface area contributed by atoms with Gasteiger partial charge in [-0.15, -0.1) is 0 Å². The summed E-state index contributed by atoms with van der Waals surface area (Å²) in [6.07, 6.45) is 14.9. The van der Waals surface area contributed by atoms with E-state index in [0.29, 0.717) is 6.10 Å². The second-order valence-corrected chi connectivity index (χ2v) is 5.70. The Labute approximate surface area is 92.9 Å². The van der Waals surface area contributed by atoms with Gasteiger partial charge in [0.2, 0.25) is 0 Å². The molecule has 1 saturated heterocycles. The molecule has 0 spiro atoms. The number of hydrogen-bond donors (Lipinski definition) is 0. The van der Waals surface area contributed by atoms with Crippen LogP contribution in [-0.4, -0.2) is 11.7 Å². The van der Waals surface area contributed by atoms with Gasteiger partial charge in [0.15, 0.2) is 0 Å². The monoisotopic (exact) mass is 206 g/mol. The van der Waals surface area contributed by atoms with Crippen LogP contribution in [0.4, 0.5) is 0 Å². The Morgan fingerprint density at radius 1 is 1.20 bits per heavy atom. The Kier molecular flexibility index (Phi) is 2.39. The Balaban J connectivity index is 1.73. The molecule has 3 atom stereocenters. The predicted octanol–water partition coefficient (Wildman–Crippen LogP) is 3.69. The molecule has 0 aromatic heterocycles. The van der Waals surface area contributed by atoms with Gasteiger partial charge in [0.05, 0.1) is 11.7 Å². The Morgan fingerprint density at radius 2 is 2.00 bits per heavy atom. The van der Waals surface area contributed by atoms with Gasteiger partial charge in [-0.2, -0.15) is 0 Å². The van der Waals surface area contributed by atoms with Crippen molar-refractivity contribution in [3.05, 3.63) is 12.2 Å². The predicted molar refractivity (Wildman–Crippen MR) is 61.7 cm³/mol. The van der Waals surface area contributed by atoms with E-state index in [1.54, 1.807) is 0 Å². The maximum atomic E-state index is 6.16.